The first kappa shape index (κ1) is 19.6. The third-order valence-electron chi connectivity index (χ3n) is 4.03. The lowest BCUT2D eigenvalue weighted by molar-refractivity contribution is 0.834. The summed E-state index contributed by atoms with van der Waals surface area (Å²) in [5, 5.41) is 0. The molecule has 0 bridgehead atoms. The maximum atomic E-state index is 3.67. The molecule has 0 atom stereocenters. The Kier molecular flexibility index (Phi) is 13.4. The van der Waals surface area contributed by atoms with Gasteiger partial charge in [-0.1, -0.05) is 40.0 Å². The summed E-state index contributed by atoms with van der Waals surface area (Å²) < 4.78 is 0. The third-order valence-corrected chi connectivity index (χ3v) is 9.17. The van der Waals surface area contributed by atoms with Gasteiger partial charge in [-0.15, -0.1) is 0 Å². The molecular formula is C17H36N2P+. The second-order valence-electron chi connectivity index (χ2n) is 5.65. The van der Waals surface area contributed by atoms with Gasteiger partial charge in [0.1, 0.15) is 0 Å². The highest BCUT2D eigenvalue weighted by Gasteiger charge is 2.32. The Morgan fingerprint density at radius 1 is 0.850 bits per heavy atom. The number of nitrogens with one attached hydrogen (secondary N) is 1. The molecule has 0 aromatic carbocycles. The van der Waals surface area contributed by atoms with Crippen LogP contribution in [0, 0.1) is 0 Å². The van der Waals surface area contributed by atoms with E-state index >= 15 is 0 Å². The van der Waals surface area contributed by atoms with Crippen molar-refractivity contribution in [1.82, 2.24) is 9.97 Å². The molecule has 0 radical (unpaired) electrons. The SMILES string of the molecule is CCCC[P+](CC)(CCCC)CCCC.c1c[nH]cn1. The lowest BCUT2D eigenvalue weighted by Gasteiger charge is -2.26. The van der Waals surface area contributed by atoms with Gasteiger partial charge in [-0.3, -0.25) is 0 Å². The molecule has 0 aliphatic carbocycles. The fourth-order valence-corrected chi connectivity index (χ4v) is 7.09. The van der Waals surface area contributed by atoms with E-state index in [4.69, 9.17) is 0 Å². The van der Waals surface area contributed by atoms with Gasteiger partial charge in [0.25, 0.3) is 0 Å². The summed E-state index contributed by atoms with van der Waals surface area (Å²) in [5.74, 6) is 0. The molecule has 1 heterocycles. The molecule has 1 aromatic rings. The van der Waals surface area contributed by atoms with E-state index in [9.17, 15) is 0 Å². The van der Waals surface area contributed by atoms with Gasteiger partial charge in [0.05, 0.1) is 31.0 Å². The molecule has 0 aliphatic rings. The van der Waals surface area contributed by atoms with Gasteiger partial charge in [0, 0.05) is 19.7 Å². The van der Waals surface area contributed by atoms with Crippen molar-refractivity contribution < 1.29 is 0 Å². The molecule has 0 spiro atoms. The minimum absolute atomic E-state index is 0.527. The number of rotatable bonds is 10. The van der Waals surface area contributed by atoms with Crippen LogP contribution in [0.2, 0.25) is 0 Å². The summed E-state index contributed by atoms with van der Waals surface area (Å²) in [6, 6.07) is 0. The smallest absolute Gasteiger partial charge is 0.0919 e. The normalized spacial score (nSPS) is 11.0. The lowest BCUT2D eigenvalue weighted by atomic mass is 10.4. The van der Waals surface area contributed by atoms with Crippen molar-refractivity contribution in [2.24, 2.45) is 0 Å². The van der Waals surface area contributed by atoms with E-state index in [0.29, 0.717) is 0 Å². The average Bonchev–Trinajstić information content (AvgIpc) is 3.07. The summed E-state index contributed by atoms with van der Waals surface area (Å²) in [4.78, 5) is 6.42. The molecule has 0 aliphatic heterocycles. The van der Waals surface area contributed by atoms with Gasteiger partial charge in [-0.2, -0.15) is 0 Å². The first-order valence-corrected chi connectivity index (χ1v) is 11.1. The highest BCUT2D eigenvalue weighted by atomic mass is 31.2. The molecule has 20 heavy (non-hydrogen) atoms. The van der Waals surface area contributed by atoms with Crippen molar-refractivity contribution in [2.75, 3.05) is 24.6 Å². The van der Waals surface area contributed by atoms with Crippen LogP contribution in [0.3, 0.4) is 0 Å². The number of aromatic nitrogens is 2. The van der Waals surface area contributed by atoms with Crippen LogP contribution in [0.25, 0.3) is 0 Å². The van der Waals surface area contributed by atoms with Gasteiger partial charge in [-0.05, 0) is 26.2 Å². The van der Waals surface area contributed by atoms with Crippen molar-refractivity contribution in [2.45, 2.75) is 66.2 Å². The molecule has 1 N–H and O–H groups in total. The Bertz CT molecular complexity index is 234. The summed E-state index contributed by atoms with van der Waals surface area (Å²) in [6.45, 7) is 9.46. The van der Waals surface area contributed by atoms with Crippen LogP contribution >= 0.6 is 7.26 Å². The zero-order valence-electron chi connectivity index (χ0n) is 14.2. The first-order chi connectivity index (χ1) is 9.74. The van der Waals surface area contributed by atoms with Gasteiger partial charge >= 0.3 is 0 Å². The van der Waals surface area contributed by atoms with Gasteiger partial charge in [-0.25, -0.2) is 4.98 Å². The Balaban J connectivity index is 0.000000595. The van der Waals surface area contributed by atoms with E-state index in [1.54, 1.807) is 37.2 Å². The molecule has 0 saturated carbocycles. The predicted molar refractivity (Wildman–Crippen MR) is 95.4 cm³/mol. The molecule has 3 heteroatoms. The molecule has 2 nitrogen and oxygen atoms in total. The number of imidazole rings is 1. The van der Waals surface area contributed by atoms with Gasteiger partial charge in [0.15, 0.2) is 0 Å². The fraction of sp³-hybridized carbons (Fsp3) is 0.824. The number of hydrogen-bond donors (Lipinski definition) is 1. The van der Waals surface area contributed by atoms with Crippen molar-refractivity contribution in [3.8, 4) is 0 Å². The Hall–Kier alpha value is -0.360. The quantitative estimate of drug-likeness (QED) is 0.541. The van der Waals surface area contributed by atoms with E-state index in [-0.39, 0.29) is 0 Å². The lowest BCUT2D eigenvalue weighted by Crippen LogP contribution is -2.11. The van der Waals surface area contributed by atoms with Crippen LogP contribution in [0.15, 0.2) is 18.7 Å². The number of hydrogen-bond acceptors (Lipinski definition) is 1. The summed E-state index contributed by atoms with van der Waals surface area (Å²) in [6.07, 6.45) is 20.0. The first-order valence-electron chi connectivity index (χ1n) is 8.52. The maximum absolute atomic E-state index is 3.67. The van der Waals surface area contributed by atoms with Crippen LogP contribution in [-0.4, -0.2) is 34.6 Å². The minimum atomic E-state index is -0.527. The van der Waals surface area contributed by atoms with Crippen molar-refractivity contribution in [3.63, 3.8) is 0 Å². The van der Waals surface area contributed by atoms with E-state index in [2.05, 4.69) is 37.7 Å². The number of aromatic amines is 1. The molecule has 0 fully saturated rings. The summed E-state index contributed by atoms with van der Waals surface area (Å²) in [7, 11) is -0.527. The molecule has 118 valence electrons. The summed E-state index contributed by atoms with van der Waals surface area (Å²) in [5.41, 5.74) is 0. The van der Waals surface area contributed by atoms with E-state index < -0.39 is 7.26 Å². The predicted octanol–water partition coefficient (Wildman–Crippen LogP) is 5.83. The van der Waals surface area contributed by atoms with Crippen LogP contribution in [0.4, 0.5) is 0 Å². The van der Waals surface area contributed by atoms with Crippen LogP contribution in [0.1, 0.15) is 66.2 Å². The fourth-order valence-electron chi connectivity index (χ4n) is 2.51. The summed E-state index contributed by atoms with van der Waals surface area (Å²) >= 11 is 0. The second kappa shape index (κ2) is 13.6. The topological polar surface area (TPSA) is 28.7 Å². The average molecular weight is 299 g/mol. The second-order valence-corrected chi connectivity index (χ2v) is 10.3. The molecular weight excluding hydrogens is 263 g/mol. The number of unbranched alkanes of at least 4 members (excludes halogenated alkanes) is 3. The van der Waals surface area contributed by atoms with E-state index in [1.165, 1.54) is 44.7 Å². The number of nitrogens with zero attached hydrogens (tertiary/aromatic N) is 1. The monoisotopic (exact) mass is 299 g/mol. The van der Waals surface area contributed by atoms with E-state index in [0.717, 1.165) is 0 Å². The Labute approximate surface area is 127 Å². The molecule has 0 saturated heterocycles. The highest BCUT2D eigenvalue weighted by molar-refractivity contribution is 7.75. The molecule has 1 aromatic heterocycles. The van der Waals surface area contributed by atoms with E-state index in [1.807, 2.05) is 0 Å². The zero-order chi connectivity index (χ0) is 15.1. The Morgan fingerprint density at radius 2 is 1.35 bits per heavy atom. The van der Waals surface area contributed by atoms with Crippen molar-refractivity contribution in [1.29, 1.82) is 0 Å². The molecule has 0 amide bonds. The van der Waals surface area contributed by atoms with Crippen molar-refractivity contribution in [3.05, 3.63) is 18.7 Å². The van der Waals surface area contributed by atoms with Gasteiger partial charge < -0.3 is 4.98 Å². The van der Waals surface area contributed by atoms with Gasteiger partial charge in [0.2, 0.25) is 0 Å². The van der Waals surface area contributed by atoms with Crippen LogP contribution < -0.4 is 0 Å². The van der Waals surface area contributed by atoms with Crippen LogP contribution in [0.5, 0.6) is 0 Å². The molecule has 0 unspecified atom stereocenters. The minimum Gasteiger partial charge on any atom is -0.351 e. The largest absolute Gasteiger partial charge is 0.351 e. The van der Waals surface area contributed by atoms with Crippen LogP contribution in [-0.2, 0) is 0 Å². The molecule has 1 rings (SSSR count). The zero-order valence-corrected chi connectivity index (χ0v) is 15.1. The maximum Gasteiger partial charge on any atom is 0.0919 e. The Morgan fingerprint density at radius 3 is 1.55 bits per heavy atom. The standard InChI is InChI=1S/C14H32P.C3H4N2/c1-5-9-12-15(8-4,13-10-6-2)14-11-7-3;1-2-5-3-4-1/h5-14H2,1-4H3;1-3H,(H,4,5)/q+1;. The number of H-pyrrole nitrogens is 1. The van der Waals surface area contributed by atoms with Crippen molar-refractivity contribution >= 4 is 7.26 Å². The third kappa shape index (κ3) is 9.53. The highest BCUT2D eigenvalue weighted by Crippen LogP contribution is 2.60.